The molecular formula is C8H25NO12P4. The zero-order valence-electron chi connectivity index (χ0n) is 13.5. The van der Waals surface area contributed by atoms with Gasteiger partial charge in [0, 0.05) is 0 Å². The smallest absolute Gasteiger partial charge is 0.324 e. The van der Waals surface area contributed by atoms with Crippen LogP contribution in [0, 0.1) is 0 Å². The van der Waals surface area contributed by atoms with Crippen LogP contribution in [0.5, 0.6) is 0 Å². The van der Waals surface area contributed by atoms with E-state index in [1.54, 1.807) is 6.92 Å². The van der Waals surface area contributed by atoms with E-state index in [9.17, 15) is 18.3 Å². The van der Waals surface area contributed by atoms with Gasteiger partial charge < -0.3 is 39.1 Å². The van der Waals surface area contributed by atoms with Gasteiger partial charge in [0.1, 0.15) is 0 Å². The summed E-state index contributed by atoms with van der Waals surface area (Å²) >= 11 is 0. The highest BCUT2D eigenvalue weighted by Crippen LogP contribution is 2.70. The molecule has 0 aromatic rings. The predicted molar refractivity (Wildman–Crippen MR) is 89.0 cm³/mol. The summed E-state index contributed by atoms with van der Waals surface area (Å²) in [5.74, 6) is 0. The lowest BCUT2D eigenvalue weighted by Gasteiger charge is -2.30. The maximum atomic E-state index is 11.0. The van der Waals surface area contributed by atoms with Gasteiger partial charge in [-0.15, -0.1) is 0 Å². The second-order valence-corrected chi connectivity index (χ2v) is 13.1. The van der Waals surface area contributed by atoms with Crippen LogP contribution in [-0.4, -0.2) is 56.6 Å². The van der Waals surface area contributed by atoms with Gasteiger partial charge in [-0.05, 0) is 13.3 Å². The van der Waals surface area contributed by atoms with Crippen molar-refractivity contribution in [2.75, 3.05) is 12.6 Å². The number of unbranched alkanes of at least 4 members (excludes halogenated alkanes) is 1. The van der Waals surface area contributed by atoms with Gasteiger partial charge in [-0.2, -0.15) is 0 Å². The van der Waals surface area contributed by atoms with E-state index in [0.717, 1.165) is 6.92 Å². The van der Waals surface area contributed by atoms with E-state index in [2.05, 4.69) is 0 Å². The van der Waals surface area contributed by atoms with Crippen molar-refractivity contribution in [3.63, 3.8) is 0 Å². The van der Waals surface area contributed by atoms with Crippen molar-refractivity contribution in [3.8, 4) is 0 Å². The highest BCUT2D eigenvalue weighted by Gasteiger charge is 2.55. The first kappa shape index (κ1) is 27.8. The van der Waals surface area contributed by atoms with Crippen LogP contribution in [0.3, 0.4) is 0 Å². The normalized spacial score (nSPS) is 14.0. The van der Waals surface area contributed by atoms with Gasteiger partial charge in [-0.25, -0.2) is 0 Å². The summed E-state index contributed by atoms with van der Waals surface area (Å²) in [7, 11) is -18.0. The number of hydrogen-bond acceptors (Lipinski definition) is 5. The van der Waals surface area contributed by atoms with E-state index in [0.29, 0.717) is 12.8 Å². The van der Waals surface area contributed by atoms with E-state index < -0.39 is 47.9 Å². The summed E-state index contributed by atoms with van der Waals surface area (Å²) in [5.41, 5.74) is 0. The molecule has 0 saturated heterocycles. The molecule has 0 rings (SSSR count). The maximum absolute atomic E-state index is 11.0. The number of rotatable bonds is 9. The van der Waals surface area contributed by atoms with Crippen molar-refractivity contribution in [3.05, 3.63) is 0 Å². The van der Waals surface area contributed by atoms with Crippen molar-refractivity contribution in [1.29, 1.82) is 0 Å². The lowest BCUT2D eigenvalue weighted by molar-refractivity contribution is 0.305. The van der Waals surface area contributed by atoms with Gasteiger partial charge in [-0.1, -0.05) is 19.8 Å². The third kappa shape index (κ3) is 12.5. The van der Waals surface area contributed by atoms with Crippen molar-refractivity contribution in [2.45, 2.75) is 38.0 Å². The minimum atomic E-state index is -4.80. The van der Waals surface area contributed by atoms with E-state index in [-0.39, 0.29) is 6.42 Å². The van der Waals surface area contributed by atoms with E-state index in [1.165, 1.54) is 0 Å². The summed E-state index contributed by atoms with van der Waals surface area (Å²) in [6.07, 6.45) is -0.642. The van der Waals surface area contributed by atoms with Crippen LogP contribution in [0.1, 0.15) is 33.1 Å². The lowest BCUT2D eigenvalue weighted by Crippen LogP contribution is -2.24. The maximum Gasteiger partial charge on any atom is 0.343 e. The third-order valence-electron chi connectivity index (χ3n) is 2.89. The Kier molecular flexibility index (Phi) is 11.3. The minimum absolute atomic E-state index is 0.182. The van der Waals surface area contributed by atoms with E-state index in [1.807, 2.05) is 5.32 Å². The Balaban J connectivity index is 0. The largest absolute Gasteiger partial charge is 0.343 e. The number of nitrogens with one attached hydrogen (secondary N) is 1. The topological polar surface area (TPSA) is 242 Å². The quantitative estimate of drug-likeness (QED) is 0.211. The summed E-state index contributed by atoms with van der Waals surface area (Å²) in [6, 6.07) is 0. The second kappa shape index (κ2) is 10.2. The first-order chi connectivity index (χ1) is 10.8. The van der Waals surface area contributed by atoms with Crippen LogP contribution in [-0.2, 0) is 18.3 Å². The molecule has 0 unspecified atom stereocenters. The Morgan fingerprint density at radius 1 is 0.760 bits per heavy atom. The van der Waals surface area contributed by atoms with Crippen LogP contribution < -0.4 is 5.32 Å². The van der Waals surface area contributed by atoms with Gasteiger partial charge in [0.15, 0.2) is 4.90 Å². The second-order valence-electron chi connectivity index (χ2n) is 5.30. The fourth-order valence-corrected chi connectivity index (χ4v) is 4.55. The van der Waals surface area contributed by atoms with Gasteiger partial charge in [0.05, 0.1) is 12.6 Å². The van der Waals surface area contributed by atoms with Gasteiger partial charge in [0.25, 0.3) is 0 Å². The van der Waals surface area contributed by atoms with Crippen LogP contribution in [0.25, 0.3) is 0 Å². The van der Waals surface area contributed by atoms with Crippen molar-refractivity contribution >= 4 is 30.4 Å². The molecule has 0 aromatic heterocycles. The Bertz CT molecular complexity index is 540. The lowest BCUT2D eigenvalue weighted by atomic mass is 10.2. The zero-order valence-corrected chi connectivity index (χ0v) is 17.1. The molecular weight excluding hydrogens is 426 g/mol. The average Bonchev–Trinajstić information content (AvgIpc) is 2.30. The highest BCUT2D eigenvalue weighted by atomic mass is 31.2. The third-order valence-corrected chi connectivity index (χ3v) is 8.69. The van der Waals surface area contributed by atoms with Gasteiger partial charge in [0.2, 0.25) is 0 Å². The molecule has 154 valence electrons. The molecule has 25 heavy (non-hydrogen) atoms. The molecule has 0 aliphatic carbocycles. The van der Waals surface area contributed by atoms with E-state index in [4.69, 9.17) is 39.1 Å². The first-order valence-electron chi connectivity index (χ1n) is 6.68. The summed E-state index contributed by atoms with van der Waals surface area (Å²) in [6.45, 7) is 2.71. The Labute approximate surface area is 144 Å². The van der Waals surface area contributed by atoms with Crippen LogP contribution >= 0.6 is 30.4 Å². The summed E-state index contributed by atoms with van der Waals surface area (Å²) < 4.78 is 42.2. The predicted octanol–water partition coefficient (Wildman–Crippen LogP) is 0.0946. The van der Waals surface area contributed by atoms with Crippen LogP contribution in [0.4, 0.5) is 0 Å². The Hall–Kier alpha value is 0.560. The SMILES string of the molecule is CCCCC(C)(P(=O)(O)O)P(=O)(O)O.O=P(O)(O)CNCP(=O)(O)O. The minimum Gasteiger partial charge on any atom is -0.324 e. The zero-order chi connectivity index (χ0) is 20.7. The molecule has 9 N–H and O–H groups in total. The van der Waals surface area contributed by atoms with Crippen molar-refractivity contribution in [1.82, 2.24) is 5.32 Å². The summed E-state index contributed by atoms with van der Waals surface area (Å²) in [5, 5.41) is 1.94. The molecule has 0 radical (unpaired) electrons. The molecule has 0 aromatic carbocycles. The van der Waals surface area contributed by atoms with Gasteiger partial charge in [-0.3, -0.25) is 23.6 Å². The molecule has 0 bridgehead atoms. The molecule has 0 saturated carbocycles. The molecule has 0 amide bonds. The Morgan fingerprint density at radius 2 is 1.08 bits per heavy atom. The molecule has 13 nitrogen and oxygen atoms in total. The average molecular weight is 451 g/mol. The van der Waals surface area contributed by atoms with Gasteiger partial charge >= 0.3 is 30.4 Å². The van der Waals surface area contributed by atoms with E-state index >= 15 is 0 Å². The molecule has 0 atom stereocenters. The number of hydrogen-bond donors (Lipinski definition) is 9. The molecule has 0 heterocycles. The van der Waals surface area contributed by atoms with Crippen LogP contribution in [0.15, 0.2) is 0 Å². The molecule has 0 spiro atoms. The molecule has 17 heteroatoms. The fraction of sp³-hybridized carbons (Fsp3) is 1.00. The fourth-order valence-electron chi connectivity index (χ4n) is 1.31. The molecule has 0 aliphatic heterocycles. The molecule has 0 aliphatic rings. The first-order valence-corrected chi connectivity index (χ1v) is 13.5. The highest BCUT2D eigenvalue weighted by molar-refractivity contribution is 7.72. The van der Waals surface area contributed by atoms with Crippen molar-refractivity contribution < 1.29 is 57.4 Å². The summed E-state index contributed by atoms with van der Waals surface area (Å²) in [4.78, 5) is 66.3. The monoisotopic (exact) mass is 451 g/mol. The Morgan fingerprint density at radius 3 is 1.28 bits per heavy atom. The molecule has 0 fully saturated rings. The standard InChI is InChI=1S/C6H16O6P2.C2H9NO6P2/c1-3-4-5-6(2,13(7,8)9)14(10,11)12;4-10(5,6)1-3-2-11(7,8)9/h3-5H2,1-2H3,(H2,7,8,9)(H2,10,11,12);3H,1-2H2,(H2,4,5,6)(H2,7,8,9). The van der Waals surface area contributed by atoms with Crippen LogP contribution in [0.2, 0.25) is 0 Å². The van der Waals surface area contributed by atoms with Crippen molar-refractivity contribution in [2.24, 2.45) is 0 Å².